The van der Waals surface area contributed by atoms with Crippen LogP contribution in [0.25, 0.3) is 0 Å². The third-order valence-corrected chi connectivity index (χ3v) is 18.7. The van der Waals surface area contributed by atoms with Crippen molar-refractivity contribution in [3.8, 4) is 0 Å². The molecule has 0 aliphatic rings. The first-order valence-electron chi connectivity index (χ1n) is 1.63. The average Bonchev–Trinajstić information content (AvgIpc) is 1.35. The predicted molar refractivity (Wildman–Crippen MR) is 38.1 cm³/mol. The Balaban J connectivity index is 3.17. The Labute approximate surface area is 60.5 Å². The molecule has 0 atom stereocenters. The Morgan fingerprint density at radius 2 is 1.50 bits per heavy atom. The normalized spacial score (nSPS) is 12.5. The van der Waals surface area contributed by atoms with E-state index in [0.29, 0.717) is 16.5 Å². The van der Waals surface area contributed by atoms with Crippen molar-refractivity contribution in [2.45, 2.75) is 4.88 Å². The van der Waals surface area contributed by atoms with Gasteiger partial charge in [-0.2, -0.15) is 0 Å². The van der Waals surface area contributed by atoms with E-state index in [1.807, 2.05) is 0 Å². The Bertz CT molecular complexity index is 40.5. The SMILES string of the molecule is Cl[Si](Cl)(Cl)[CH2][GeH3]. The molecule has 0 spiro atoms. The standard InChI is InChI=1S/CH5Cl3GeSi/c2-6(3,4)1-5/h1H2,5H3. The predicted octanol–water partition coefficient (Wildman–Crippen LogP) is 0.965. The second kappa shape index (κ2) is 2.82. The molecule has 0 saturated carbocycles. The van der Waals surface area contributed by atoms with E-state index < -0.39 is 6.00 Å². The molecular weight excluding hydrogens is 219 g/mol. The molecule has 0 heterocycles. The molecule has 0 aromatic carbocycles. The van der Waals surface area contributed by atoms with E-state index in [-0.39, 0.29) is 0 Å². The van der Waals surface area contributed by atoms with Gasteiger partial charge in [0.15, 0.2) is 0 Å². The number of halogens is 3. The fourth-order valence-corrected chi connectivity index (χ4v) is 0. The minimum atomic E-state index is -2.13. The van der Waals surface area contributed by atoms with Crippen LogP contribution in [0, 0.1) is 0 Å². The molecule has 0 unspecified atom stereocenters. The van der Waals surface area contributed by atoms with Gasteiger partial charge in [0.1, 0.15) is 0 Å². The minimum absolute atomic E-state index is 0.713. The molecule has 0 aliphatic heterocycles. The summed E-state index contributed by atoms with van der Waals surface area (Å²) in [4.78, 5) is 0.894. The van der Waals surface area contributed by atoms with Gasteiger partial charge < -0.3 is 0 Å². The van der Waals surface area contributed by atoms with Gasteiger partial charge in [-0.1, -0.05) is 0 Å². The summed E-state index contributed by atoms with van der Waals surface area (Å²) in [5.41, 5.74) is 0. The van der Waals surface area contributed by atoms with Gasteiger partial charge in [-0.05, 0) is 0 Å². The molecule has 38 valence electrons. The molecule has 0 bridgehead atoms. The van der Waals surface area contributed by atoms with E-state index >= 15 is 0 Å². The van der Waals surface area contributed by atoms with E-state index in [4.69, 9.17) is 33.2 Å². The molecule has 5 heteroatoms. The molecule has 0 radical (unpaired) electrons. The fourth-order valence-electron chi connectivity index (χ4n) is 0. The first kappa shape index (κ1) is 7.63. The van der Waals surface area contributed by atoms with Crippen LogP contribution >= 0.6 is 33.2 Å². The van der Waals surface area contributed by atoms with Crippen LogP contribution in [0.4, 0.5) is 0 Å². The van der Waals surface area contributed by atoms with Crippen LogP contribution in [0.3, 0.4) is 0 Å². The Morgan fingerprint density at radius 1 is 1.33 bits per heavy atom. The van der Waals surface area contributed by atoms with Crippen molar-refractivity contribution in [2.24, 2.45) is 0 Å². The van der Waals surface area contributed by atoms with E-state index in [1.165, 1.54) is 0 Å². The molecule has 0 aromatic rings. The van der Waals surface area contributed by atoms with Crippen molar-refractivity contribution in [1.29, 1.82) is 0 Å². The summed E-state index contributed by atoms with van der Waals surface area (Å²) >= 11 is 17.0. The number of hydrogen-bond acceptors (Lipinski definition) is 0. The molecule has 0 saturated heterocycles. The molecule has 0 rings (SSSR count). The van der Waals surface area contributed by atoms with Gasteiger partial charge in [-0.3, -0.25) is 0 Å². The summed E-state index contributed by atoms with van der Waals surface area (Å²) in [6.07, 6.45) is 0. The van der Waals surface area contributed by atoms with Crippen LogP contribution in [0.5, 0.6) is 0 Å². The summed E-state index contributed by atoms with van der Waals surface area (Å²) in [6, 6.07) is -2.13. The van der Waals surface area contributed by atoms with Gasteiger partial charge in [0.25, 0.3) is 0 Å². The van der Waals surface area contributed by atoms with E-state index in [1.54, 1.807) is 0 Å². The van der Waals surface area contributed by atoms with E-state index in [9.17, 15) is 0 Å². The van der Waals surface area contributed by atoms with Crippen LogP contribution in [0.15, 0.2) is 0 Å². The van der Waals surface area contributed by atoms with Gasteiger partial charge in [-0.15, -0.1) is 0 Å². The first-order valence-corrected chi connectivity index (χ1v) is 9.84. The molecule has 0 amide bonds. The maximum atomic E-state index is 5.43. The molecule has 0 N–H and O–H groups in total. The summed E-state index contributed by atoms with van der Waals surface area (Å²) in [5, 5.41) is 0. The van der Waals surface area contributed by atoms with Crippen LogP contribution in [0.1, 0.15) is 0 Å². The monoisotopic (exact) mass is 224 g/mol. The molecule has 0 aliphatic carbocycles. The van der Waals surface area contributed by atoms with Gasteiger partial charge in [0.2, 0.25) is 0 Å². The second-order valence-electron chi connectivity index (χ2n) is 0.969. The third kappa shape index (κ3) is 5.63. The van der Waals surface area contributed by atoms with Gasteiger partial charge in [-0.25, -0.2) is 0 Å². The van der Waals surface area contributed by atoms with Gasteiger partial charge >= 0.3 is 60.6 Å². The molecule has 0 aromatic heterocycles. The summed E-state index contributed by atoms with van der Waals surface area (Å²) < 4.78 is 0. The van der Waals surface area contributed by atoms with Crippen LogP contribution in [-0.4, -0.2) is 22.5 Å². The average molecular weight is 224 g/mol. The molecule has 0 fully saturated rings. The third-order valence-electron chi connectivity index (χ3n) is 0.401. The summed E-state index contributed by atoms with van der Waals surface area (Å²) in [7, 11) is 0. The summed E-state index contributed by atoms with van der Waals surface area (Å²) in [6.45, 7) is 0. The zero-order valence-corrected chi connectivity index (χ0v) is 10.8. The van der Waals surface area contributed by atoms with Crippen molar-refractivity contribution in [2.75, 3.05) is 0 Å². The van der Waals surface area contributed by atoms with Crippen molar-refractivity contribution in [3.05, 3.63) is 0 Å². The topological polar surface area (TPSA) is 0 Å². The molecule has 0 nitrogen and oxygen atoms in total. The van der Waals surface area contributed by atoms with E-state index in [2.05, 4.69) is 0 Å². The van der Waals surface area contributed by atoms with Crippen LogP contribution in [-0.2, 0) is 0 Å². The number of rotatable bonds is 1. The Kier molecular flexibility index (Phi) is 3.59. The summed E-state index contributed by atoms with van der Waals surface area (Å²) in [5.74, 6) is 0. The Hall–Kier alpha value is 1.63. The van der Waals surface area contributed by atoms with Crippen LogP contribution in [0.2, 0.25) is 4.88 Å². The number of hydrogen-bond donors (Lipinski definition) is 0. The van der Waals surface area contributed by atoms with Gasteiger partial charge in [0, 0.05) is 0 Å². The fraction of sp³-hybridized carbons (Fsp3) is 1.00. The second-order valence-corrected chi connectivity index (χ2v) is 14.9. The van der Waals surface area contributed by atoms with Gasteiger partial charge in [0.05, 0.1) is 0 Å². The van der Waals surface area contributed by atoms with Crippen molar-refractivity contribution >= 4 is 55.8 Å². The molecule has 6 heavy (non-hydrogen) atoms. The van der Waals surface area contributed by atoms with Crippen molar-refractivity contribution in [1.82, 2.24) is 0 Å². The van der Waals surface area contributed by atoms with Crippen molar-refractivity contribution < 1.29 is 0 Å². The maximum absolute atomic E-state index is 5.43. The molecular formula is CH5Cl3GeSi. The zero-order chi connectivity index (χ0) is 5.21. The zero-order valence-electron chi connectivity index (χ0n) is 3.34. The Morgan fingerprint density at radius 3 is 1.50 bits per heavy atom. The van der Waals surface area contributed by atoms with Crippen LogP contribution < -0.4 is 0 Å². The van der Waals surface area contributed by atoms with E-state index in [0.717, 1.165) is 4.88 Å². The van der Waals surface area contributed by atoms with Crippen molar-refractivity contribution in [3.63, 3.8) is 0 Å². The quantitative estimate of drug-likeness (QED) is 0.459. The first-order chi connectivity index (χ1) is 2.56.